The van der Waals surface area contributed by atoms with Crippen molar-refractivity contribution >= 4 is 5.97 Å². The van der Waals surface area contributed by atoms with Crippen LogP contribution in [0.3, 0.4) is 0 Å². The summed E-state index contributed by atoms with van der Waals surface area (Å²) in [7, 11) is 1.45. The zero-order valence-electron chi connectivity index (χ0n) is 17.1. The minimum absolute atomic E-state index is 0.0749. The highest BCUT2D eigenvalue weighted by atomic mass is 16.8. The molecule has 0 aromatic carbocycles. The Kier molecular flexibility index (Phi) is 3.92. The second kappa shape index (κ2) is 5.70. The lowest BCUT2D eigenvalue weighted by molar-refractivity contribution is -0.286. The highest BCUT2D eigenvalue weighted by Crippen LogP contribution is 2.71. The fraction of sp³-hybridized carbons (Fsp3) is 0.952. The van der Waals surface area contributed by atoms with Crippen LogP contribution in [0.4, 0.5) is 0 Å². The number of esters is 1. The minimum atomic E-state index is -1.24. The normalized spacial score (nSPS) is 60.4. The van der Waals surface area contributed by atoms with Crippen LogP contribution in [0, 0.1) is 22.7 Å². The van der Waals surface area contributed by atoms with Crippen molar-refractivity contribution in [2.24, 2.45) is 22.7 Å². The lowest BCUT2D eigenvalue weighted by atomic mass is 9.44. The van der Waals surface area contributed by atoms with Crippen LogP contribution in [0.2, 0.25) is 0 Å². The van der Waals surface area contributed by atoms with Gasteiger partial charge in [0.15, 0.2) is 18.2 Å². The maximum absolute atomic E-state index is 12.8. The molecule has 5 rings (SSSR count). The molecular weight excluding hydrogens is 364 g/mol. The molecule has 3 saturated heterocycles. The molecule has 7 nitrogen and oxygen atoms in total. The molecule has 0 amide bonds. The van der Waals surface area contributed by atoms with Crippen LogP contribution in [0.25, 0.3) is 0 Å². The van der Waals surface area contributed by atoms with E-state index in [0.717, 1.165) is 25.7 Å². The number of aliphatic hydroxyl groups is 2. The van der Waals surface area contributed by atoms with Crippen molar-refractivity contribution < 1.29 is 34.0 Å². The van der Waals surface area contributed by atoms with E-state index in [0.29, 0.717) is 12.8 Å². The van der Waals surface area contributed by atoms with Crippen molar-refractivity contribution in [2.45, 2.75) is 95.3 Å². The van der Waals surface area contributed by atoms with Gasteiger partial charge in [-0.05, 0) is 44.9 Å². The first kappa shape index (κ1) is 19.2. The van der Waals surface area contributed by atoms with Gasteiger partial charge in [-0.15, -0.1) is 0 Å². The lowest BCUT2D eigenvalue weighted by Crippen LogP contribution is -2.66. The van der Waals surface area contributed by atoms with Crippen molar-refractivity contribution in [1.82, 2.24) is 0 Å². The van der Waals surface area contributed by atoms with E-state index in [-0.39, 0.29) is 29.3 Å². The molecule has 10 atom stereocenters. The molecule has 0 unspecified atom stereocenters. The largest absolute Gasteiger partial charge is 0.462 e. The van der Waals surface area contributed by atoms with Crippen LogP contribution in [0.5, 0.6) is 0 Å². The summed E-state index contributed by atoms with van der Waals surface area (Å²) in [6.07, 6.45) is 1.41. The molecule has 3 aliphatic heterocycles. The van der Waals surface area contributed by atoms with Gasteiger partial charge in [-0.1, -0.05) is 20.3 Å². The summed E-state index contributed by atoms with van der Waals surface area (Å²) in [6.45, 7) is 6.44. The smallest absolute Gasteiger partial charge is 0.312 e. The van der Waals surface area contributed by atoms with E-state index in [1.807, 2.05) is 0 Å². The van der Waals surface area contributed by atoms with Gasteiger partial charge in [0.2, 0.25) is 0 Å². The zero-order chi connectivity index (χ0) is 20.1. The van der Waals surface area contributed by atoms with E-state index in [1.54, 1.807) is 0 Å². The summed E-state index contributed by atoms with van der Waals surface area (Å²) in [5.74, 6) is 0.143. The topological polar surface area (TPSA) is 94.5 Å². The summed E-state index contributed by atoms with van der Waals surface area (Å²) in [5, 5.41) is 21.6. The van der Waals surface area contributed by atoms with Crippen molar-refractivity contribution in [2.75, 3.05) is 7.11 Å². The summed E-state index contributed by atoms with van der Waals surface area (Å²) in [5.41, 5.74) is -2.50. The SMILES string of the molecule is CO[C@@H]1O[C@H](O)[C@@]2(CC[C@@]3(O2)[C@@H](C)C[C@@H]2OC(=O)[C@]4(C)CCC[C@@]3(C)[C@H]24)[C@@H]1O. The summed E-state index contributed by atoms with van der Waals surface area (Å²) < 4.78 is 23.4. The van der Waals surface area contributed by atoms with Gasteiger partial charge in [0.05, 0.1) is 11.0 Å². The monoisotopic (exact) mass is 396 g/mol. The summed E-state index contributed by atoms with van der Waals surface area (Å²) >= 11 is 0. The van der Waals surface area contributed by atoms with Crippen LogP contribution in [-0.2, 0) is 23.7 Å². The van der Waals surface area contributed by atoms with E-state index in [4.69, 9.17) is 18.9 Å². The Morgan fingerprint density at radius 1 is 1.14 bits per heavy atom. The summed E-state index contributed by atoms with van der Waals surface area (Å²) in [6, 6.07) is 0. The number of methoxy groups -OCH3 is 1. The zero-order valence-corrected chi connectivity index (χ0v) is 17.1. The number of ether oxygens (including phenoxy) is 4. The molecule has 2 saturated carbocycles. The van der Waals surface area contributed by atoms with Gasteiger partial charge in [0.25, 0.3) is 0 Å². The molecule has 2 spiro atoms. The Labute approximate surface area is 165 Å². The molecule has 0 bridgehead atoms. The predicted octanol–water partition coefficient (Wildman–Crippen LogP) is 1.73. The van der Waals surface area contributed by atoms with Crippen molar-refractivity contribution in [3.8, 4) is 0 Å². The highest BCUT2D eigenvalue weighted by Gasteiger charge is 2.76. The van der Waals surface area contributed by atoms with Gasteiger partial charge in [-0.2, -0.15) is 0 Å². The number of aliphatic hydroxyl groups excluding tert-OH is 2. The number of hydrogen-bond acceptors (Lipinski definition) is 7. The Morgan fingerprint density at radius 3 is 2.57 bits per heavy atom. The Hall–Kier alpha value is -0.730. The second-order valence-electron chi connectivity index (χ2n) is 10.2. The molecule has 0 aromatic rings. The number of carbonyl (C=O) groups excluding carboxylic acids is 1. The van der Waals surface area contributed by atoms with E-state index in [9.17, 15) is 15.0 Å². The van der Waals surface area contributed by atoms with Crippen molar-refractivity contribution in [3.05, 3.63) is 0 Å². The van der Waals surface area contributed by atoms with Gasteiger partial charge in [0.1, 0.15) is 12.2 Å². The first-order chi connectivity index (χ1) is 13.1. The Bertz CT molecular complexity index is 698. The van der Waals surface area contributed by atoms with E-state index < -0.39 is 35.3 Å². The van der Waals surface area contributed by atoms with Crippen LogP contribution < -0.4 is 0 Å². The molecule has 2 aliphatic carbocycles. The average molecular weight is 396 g/mol. The van der Waals surface area contributed by atoms with Gasteiger partial charge in [0, 0.05) is 18.4 Å². The number of fused-ring (bicyclic) bond motifs is 1. The maximum atomic E-state index is 12.8. The molecule has 0 aromatic heterocycles. The molecule has 2 N–H and O–H groups in total. The molecule has 158 valence electrons. The molecule has 0 radical (unpaired) electrons. The Balaban J connectivity index is 1.58. The third-order valence-corrected chi connectivity index (χ3v) is 9.14. The quantitative estimate of drug-likeness (QED) is 0.652. The molecule has 5 aliphatic rings. The highest BCUT2D eigenvalue weighted by molar-refractivity contribution is 5.80. The van der Waals surface area contributed by atoms with Crippen molar-refractivity contribution in [3.63, 3.8) is 0 Å². The number of rotatable bonds is 1. The number of hydrogen-bond donors (Lipinski definition) is 2. The molecule has 7 heteroatoms. The first-order valence-electron chi connectivity index (χ1n) is 10.6. The third-order valence-electron chi connectivity index (χ3n) is 9.14. The fourth-order valence-corrected chi connectivity index (χ4v) is 7.82. The predicted molar refractivity (Wildman–Crippen MR) is 96.9 cm³/mol. The van der Waals surface area contributed by atoms with Gasteiger partial charge in [-0.25, -0.2) is 0 Å². The Morgan fingerprint density at radius 2 is 1.89 bits per heavy atom. The van der Waals surface area contributed by atoms with Crippen LogP contribution in [-0.4, -0.2) is 59.3 Å². The lowest BCUT2D eigenvalue weighted by Gasteiger charge is -2.62. The third kappa shape index (κ3) is 1.95. The first-order valence-corrected chi connectivity index (χ1v) is 10.6. The van der Waals surface area contributed by atoms with Gasteiger partial charge >= 0.3 is 5.97 Å². The van der Waals surface area contributed by atoms with E-state index >= 15 is 0 Å². The van der Waals surface area contributed by atoms with Crippen LogP contribution >= 0.6 is 0 Å². The minimum Gasteiger partial charge on any atom is -0.462 e. The summed E-state index contributed by atoms with van der Waals surface area (Å²) in [4.78, 5) is 12.8. The van der Waals surface area contributed by atoms with Gasteiger partial charge in [-0.3, -0.25) is 4.79 Å². The van der Waals surface area contributed by atoms with Crippen LogP contribution in [0.15, 0.2) is 0 Å². The van der Waals surface area contributed by atoms with Crippen molar-refractivity contribution in [1.29, 1.82) is 0 Å². The second-order valence-corrected chi connectivity index (χ2v) is 10.2. The van der Waals surface area contributed by atoms with Crippen LogP contribution in [0.1, 0.15) is 59.3 Å². The van der Waals surface area contributed by atoms with E-state index in [2.05, 4.69) is 20.8 Å². The van der Waals surface area contributed by atoms with E-state index in [1.165, 1.54) is 7.11 Å². The number of carbonyl (C=O) groups is 1. The average Bonchev–Trinajstić information content (AvgIpc) is 3.24. The fourth-order valence-electron chi connectivity index (χ4n) is 7.82. The molecular formula is C21H32O7. The molecule has 28 heavy (non-hydrogen) atoms. The standard InChI is InChI=1S/C21H32O7/c1-11-10-12-13-18(2,16(23)26-12)6-5-7-19(13,3)21(11)9-8-20(28-21)14(22)15(25-4)27-17(20)24/h11-15,17,22,24H,5-10H2,1-4H3/t11-,12-,13+,14+,15+,17-,18+,19-,20+,21+/m0/s1. The molecule has 5 fully saturated rings. The molecule has 3 heterocycles. The van der Waals surface area contributed by atoms with Gasteiger partial charge < -0.3 is 29.2 Å². The maximum Gasteiger partial charge on any atom is 0.312 e.